The average molecular weight is 408 g/mol. The minimum absolute atomic E-state index is 0.0757. The van der Waals surface area contributed by atoms with Gasteiger partial charge in [0.2, 0.25) is 5.91 Å². The summed E-state index contributed by atoms with van der Waals surface area (Å²) in [5.41, 5.74) is 2.67. The van der Waals surface area contributed by atoms with Crippen molar-refractivity contribution in [2.24, 2.45) is 0 Å². The number of furan rings is 1. The molecular formula is C24H41NO4. The monoisotopic (exact) mass is 407 g/mol. The summed E-state index contributed by atoms with van der Waals surface area (Å²) in [6.45, 7) is 7.57. The van der Waals surface area contributed by atoms with Crippen molar-refractivity contribution in [2.75, 3.05) is 6.61 Å². The predicted octanol–water partition coefficient (Wildman–Crippen LogP) is 4.97. The number of carbonyl (C=O) groups is 2. The summed E-state index contributed by atoms with van der Waals surface area (Å²) in [5, 5.41) is 11.7. The van der Waals surface area contributed by atoms with Gasteiger partial charge in [-0.3, -0.25) is 9.59 Å². The number of hydrogen-bond donors (Lipinski definition) is 2. The molecule has 1 amide bonds. The van der Waals surface area contributed by atoms with Crippen LogP contribution in [0.3, 0.4) is 0 Å². The molecule has 0 aliphatic carbocycles. The molecule has 1 aromatic rings. The molecule has 166 valence electrons. The molecule has 0 fully saturated rings. The second-order valence-corrected chi connectivity index (χ2v) is 8.18. The van der Waals surface area contributed by atoms with E-state index in [2.05, 4.69) is 26.1 Å². The third-order valence-corrected chi connectivity index (χ3v) is 5.65. The van der Waals surface area contributed by atoms with Gasteiger partial charge in [-0.15, -0.1) is 0 Å². The van der Waals surface area contributed by atoms with E-state index >= 15 is 0 Å². The molecule has 0 bridgehead atoms. The second kappa shape index (κ2) is 14.4. The van der Waals surface area contributed by atoms with Crippen LogP contribution in [0.5, 0.6) is 0 Å². The van der Waals surface area contributed by atoms with Crippen molar-refractivity contribution in [1.82, 2.24) is 5.32 Å². The maximum absolute atomic E-state index is 11.9. The quantitative estimate of drug-likeness (QED) is 0.379. The first kappa shape index (κ1) is 25.4. The summed E-state index contributed by atoms with van der Waals surface area (Å²) in [4.78, 5) is 22.9. The Balaban J connectivity index is 2.06. The average Bonchev–Trinajstić information content (AvgIpc) is 2.95. The highest BCUT2D eigenvalue weighted by molar-refractivity contribution is 5.88. The maximum Gasteiger partial charge on any atom is 0.217 e. The molecule has 2 N–H and O–H groups in total. The van der Waals surface area contributed by atoms with Gasteiger partial charge in [0.25, 0.3) is 0 Å². The van der Waals surface area contributed by atoms with Crippen molar-refractivity contribution in [3.63, 3.8) is 0 Å². The molecule has 0 aliphatic heterocycles. The van der Waals surface area contributed by atoms with Crippen LogP contribution in [-0.2, 0) is 22.4 Å². The van der Waals surface area contributed by atoms with E-state index in [9.17, 15) is 14.7 Å². The number of nitrogens with one attached hydrogen (secondary N) is 1. The van der Waals surface area contributed by atoms with Crippen LogP contribution in [0.15, 0.2) is 4.42 Å². The van der Waals surface area contributed by atoms with Crippen molar-refractivity contribution in [2.45, 2.75) is 111 Å². The Morgan fingerprint density at radius 2 is 1.41 bits per heavy atom. The number of hydrogen-bond acceptors (Lipinski definition) is 4. The Bertz CT molecular complexity index is 621. The maximum atomic E-state index is 11.9. The fourth-order valence-corrected chi connectivity index (χ4v) is 3.72. The Hall–Kier alpha value is -1.62. The van der Waals surface area contributed by atoms with Crippen molar-refractivity contribution < 1.29 is 19.1 Å². The fraction of sp³-hybridized carbons (Fsp3) is 0.750. The van der Waals surface area contributed by atoms with Crippen molar-refractivity contribution in [3.8, 4) is 0 Å². The zero-order valence-electron chi connectivity index (χ0n) is 18.9. The molecule has 1 unspecified atom stereocenters. The van der Waals surface area contributed by atoms with Crippen molar-refractivity contribution in [1.29, 1.82) is 0 Å². The minimum Gasteiger partial charge on any atom is -0.466 e. The first-order valence-electron chi connectivity index (χ1n) is 11.4. The second-order valence-electron chi connectivity index (χ2n) is 8.18. The van der Waals surface area contributed by atoms with Crippen LogP contribution < -0.4 is 5.32 Å². The van der Waals surface area contributed by atoms with E-state index in [0.29, 0.717) is 6.42 Å². The molecule has 0 radical (unpaired) electrons. The highest BCUT2D eigenvalue weighted by Crippen LogP contribution is 2.24. The van der Waals surface area contributed by atoms with Gasteiger partial charge in [0.15, 0.2) is 5.78 Å². The molecule has 5 heteroatoms. The zero-order valence-corrected chi connectivity index (χ0v) is 18.9. The molecule has 29 heavy (non-hydrogen) atoms. The first-order valence-corrected chi connectivity index (χ1v) is 11.4. The highest BCUT2D eigenvalue weighted by Gasteiger charge is 2.17. The predicted molar refractivity (Wildman–Crippen MR) is 117 cm³/mol. The van der Waals surface area contributed by atoms with Crippen LogP contribution in [0.4, 0.5) is 0 Å². The van der Waals surface area contributed by atoms with Crippen molar-refractivity contribution >= 4 is 11.7 Å². The number of aliphatic hydroxyl groups excluding tert-OH is 1. The van der Waals surface area contributed by atoms with Crippen LogP contribution >= 0.6 is 0 Å². The molecule has 0 aliphatic rings. The lowest BCUT2D eigenvalue weighted by atomic mass is 10.0. The summed E-state index contributed by atoms with van der Waals surface area (Å²) >= 11 is 0. The molecule has 0 aromatic carbocycles. The van der Waals surface area contributed by atoms with E-state index in [1.54, 1.807) is 0 Å². The van der Waals surface area contributed by atoms with Crippen LogP contribution in [0, 0.1) is 13.8 Å². The smallest absolute Gasteiger partial charge is 0.217 e. The molecule has 1 aromatic heterocycles. The van der Waals surface area contributed by atoms with Gasteiger partial charge in [0.05, 0.1) is 6.61 Å². The SMILES string of the molecule is CCCc1oc(CCCCCCCCCCC(=O)C(CO)NC(C)=O)c(C)c1C. The number of amides is 1. The summed E-state index contributed by atoms with van der Waals surface area (Å²) in [5.74, 6) is 1.99. The molecule has 0 spiro atoms. The lowest BCUT2D eigenvalue weighted by molar-refractivity contribution is -0.127. The molecule has 0 saturated heterocycles. The Labute approximate surface area is 176 Å². The van der Waals surface area contributed by atoms with E-state index in [4.69, 9.17) is 4.42 Å². The topological polar surface area (TPSA) is 79.5 Å². The molecule has 1 rings (SSSR count). The largest absolute Gasteiger partial charge is 0.466 e. The third-order valence-electron chi connectivity index (χ3n) is 5.65. The summed E-state index contributed by atoms with van der Waals surface area (Å²) in [6.07, 6.45) is 12.7. The minimum atomic E-state index is -0.743. The summed E-state index contributed by atoms with van der Waals surface area (Å²) in [7, 11) is 0. The van der Waals surface area contributed by atoms with Gasteiger partial charge >= 0.3 is 0 Å². The van der Waals surface area contributed by atoms with Gasteiger partial charge in [-0.1, -0.05) is 45.4 Å². The lowest BCUT2D eigenvalue weighted by Gasteiger charge is -2.13. The number of aliphatic hydroxyl groups is 1. The first-order chi connectivity index (χ1) is 13.9. The van der Waals surface area contributed by atoms with Gasteiger partial charge in [-0.25, -0.2) is 0 Å². The normalized spacial score (nSPS) is 12.2. The van der Waals surface area contributed by atoms with E-state index in [1.807, 2.05) is 0 Å². The summed E-state index contributed by atoms with van der Waals surface area (Å²) in [6, 6.07) is -0.743. The van der Waals surface area contributed by atoms with E-state index in [-0.39, 0.29) is 18.3 Å². The van der Waals surface area contributed by atoms with Crippen LogP contribution in [0.25, 0.3) is 0 Å². The van der Waals surface area contributed by atoms with Gasteiger partial charge in [0.1, 0.15) is 17.6 Å². The fourth-order valence-electron chi connectivity index (χ4n) is 3.72. The number of aryl methyl sites for hydroxylation is 2. The Kier molecular flexibility index (Phi) is 12.6. The molecule has 5 nitrogen and oxygen atoms in total. The Morgan fingerprint density at radius 3 is 1.93 bits per heavy atom. The number of carbonyl (C=O) groups excluding carboxylic acids is 2. The van der Waals surface area contributed by atoms with E-state index in [1.165, 1.54) is 61.7 Å². The summed E-state index contributed by atoms with van der Waals surface area (Å²) < 4.78 is 6.06. The number of ketones is 1. The van der Waals surface area contributed by atoms with Crippen molar-refractivity contribution in [3.05, 3.63) is 22.6 Å². The van der Waals surface area contributed by atoms with Gasteiger partial charge in [0, 0.05) is 26.2 Å². The molecular weight excluding hydrogens is 366 g/mol. The third kappa shape index (κ3) is 9.62. The molecule has 0 saturated carbocycles. The van der Waals surface area contributed by atoms with Gasteiger partial charge in [-0.2, -0.15) is 0 Å². The lowest BCUT2D eigenvalue weighted by Crippen LogP contribution is -2.42. The molecule has 1 heterocycles. The zero-order chi connectivity index (χ0) is 21.6. The Morgan fingerprint density at radius 1 is 0.897 bits per heavy atom. The van der Waals surface area contributed by atoms with Crippen LogP contribution in [0.1, 0.15) is 101 Å². The highest BCUT2D eigenvalue weighted by atomic mass is 16.3. The van der Waals surface area contributed by atoms with Gasteiger partial charge in [-0.05, 0) is 44.2 Å². The van der Waals surface area contributed by atoms with E-state index < -0.39 is 6.04 Å². The van der Waals surface area contributed by atoms with Crippen LogP contribution in [-0.4, -0.2) is 29.4 Å². The molecule has 1 atom stereocenters. The standard InChI is InChI=1S/C24H41NO4/c1-5-14-23-18(2)19(3)24(29-23)16-13-11-9-7-6-8-10-12-15-22(28)21(17-26)25-20(4)27/h21,26H,5-17H2,1-4H3,(H,25,27). The van der Waals surface area contributed by atoms with Crippen LogP contribution in [0.2, 0.25) is 0 Å². The number of rotatable bonds is 16. The van der Waals surface area contributed by atoms with E-state index in [0.717, 1.165) is 38.5 Å². The van der Waals surface area contributed by atoms with Gasteiger partial charge < -0.3 is 14.8 Å². The number of Topliss-reactive ketones (excluding diaryl/α,β-unsaturated/α-hetero) is 1. The number of unbranched alkanes of at least 4 members (excludes halogenated alkanes) is 7.